The summed E-state index contributed by atoms with van der Waals surface area (Å²) < 4.78 is 22.5. The molecule has 4 fully saturated rings. The van der Waals surface area contributed by atoms with Gasteiger partial charge in [-0.05, 0) is 278 Å². The van der Waals surface area contributed by atoms with E-state index in [9.17, 15) is 57.5 Å². The van der Waals surface area contributed by atoms with Crippen LogP contribution in [0, 0.1) is 88.7 Å². The fraction of sp³-hybridized carbons (Fsp3) is 0.654. The maximum absolute atomic E-state index is 13.3. The second-order valence-electron chi connectivity index (χ2n) is 42.2. The van der Waals surface area contributed by atoms with Gasteiger partial charge in [0.1, 0.15) is 23.1 Å². The molecule has 20 rings (SSSR count). The van der Waals surface area contributed by atoms with E-state index >= 15 is 0 Å². The number of esters is 4. The van der Waals surface area contributed by atoms with Gasteiger partial charge in [0.2, 0.25) is 0 Å². The van der Waals surface area contributed by atoms with Crippen LogP contribution in [-0.2, 0) is 76.5 Å². The molecule has 16 nitrogen and oxygen atoms in total. The van der Waals surface area contributed by atoms with E-state index in [4.69, 9.17) is 18.9 Å². The third kappa shape index (κ3) is 11.9. The van der Waals surface area contributed by atoms with Crippen molar-refractivity contribution in [1.82, 2.24) is 0 Å². The summed E-state index contributed by atoms with van der Waals surface area (Å²) in [5.41, 5.74) is 16.0. The molecule has 20 aliphatic rings. The highest BCUT2D eigenvalue weighted by Gasteiger charge is 2.71. The number of unbranched alkanes of at least 4 members (excludes halogenated alkanes) is 1. The minimum Gasteiger partial charge on any atom is -0.466 e. The van der Waals surface area contributed by atoms with Crippen LogP contribution in [0.4, 0.5) is 0 Å². The molecule has 0 aliphatic heterocycles. The lowest BCUT2D eigenvalue weighted by atomic mass is 9.50. The Morgan fingerprint density at radius 1 is 0.333 bits per heavy atom. The van der Waals surface area contributed by atoms with E-state index in [1.807, 2.05) is 27.7 Å². The Balaban J connectivity index is 0.000000114. The topological polar surface area (TPSA) is 242 Å². The van der Waals surface area contributed by atoms with Crippen LogP contribution in [0.25, 0.3) is 0 Å². The third-order valence-corrected chi connectivity index (χ3v) is 36.4. The molecule has 0 radical (unpaired) electrons. The van der Waals surface area contributed by atoms with Gasteiger partial charge in [-0.2, -0.15) is 0 Å². The van der Waals surface area contributed by atoms with Crippen LogP contribution in [0.15, 0.2) is 138 Å². The van der Waals surface area contributed by atoms with Crippen LogP contribution in [0.3, 0.4) is 0 Å². The lowest BCUT2D eigenvalue weighted by molar-refractivity contribution is -0.152. The van der Waals surface area contributed by atoms with Gasteiger partial charge in [-0.25, -0.2) is 0 Å². The minimum atomic E-state index is -0.426. The van der Waals surface area contributed by atoms with Gasteiger partial charge in [0.25, 0.3) is 0 Å². The second kappa shape index (κ2) is 29.7. The van der Waals surface area contributed by atoms with E-state index in [1.165, 1.54) is 22.3 Å². The van der Waals surface area contributed by atoms with E-state index < -0.39 is 45.3 Å². The molecule has 0 saturated heterocycles. The number of fused-ring (bicyclic) bond motifs is 12. The van der Waals surface area contributed by atoms with Crippen LogP contribution >= 0.6 is 0 Å². The highest BCUT2D eigenvalue weighted by molar-refractivity contribution is 6.01. The van der Waals surface area contributed by atoms with Crippen molar-refractivity contribution in [3.63, 3.8) is 0 Å². The number of hydrogen-bond acceptors (Lipinski definition) is 16. The molecule has 0 heterocycles. The van der Waals surface area contributed by atoms with Crippen LogP contribution in [0.5, 0.6) is 0 Å². The molecule has 0 aromatic rings. The quantitative estimate of drug-likeness (QED) is 0.106. The number of hydrogen-bond donors (Lipinski definition) is 0. The number of carbonyl (C=O) groups excluding carboxylic acids is 12. The molecule has 0 N–H and O–H groups in total. The van der Waals surface area contributed by atoms with Gasteiger partial charge >= 0.3 is 23.9 Å². The van der Waals surface area contributed by atoms with Crippen molar-refractivity contribution in [2.75, 3.05) is 19.8 Å². The predicted molar refractivity (Wildman–Crippen MR) is 454 cm³/mol. The van der Waals surface area contributed by atoms with Crippen molar-refractivity contribution in [2.24, 2.45) is 88.7 Å². The zero-order chi connectivity index (χ0) is 85.4. The van der Waals surface area contributed by atoms with Crippen molar-refractivity contribution in [2.45, 2.75) is 321 Å². The highest BCUT2D eigenvalue weighted by Crippen LogP contribution is 2.76. The number of ketones is 8. The summed E-state index contributed by atoms with van der Waals surface area (Å²) in [7, 11) is 0. The average molecular weight is 1630 g/mol. The Kier molecular flexibility index (Phi) is 20.9. The van der Waals surface area contributed by atoms with Crippen molar-refractivity contribution >= 4 is 70.1 Å². The second-order valence-corrected chi connectivity index (χ2v) is 42.2. The molecule has 0 aromatic carbocycles. The molecule has 16 heteroatoms. The number of rotatable bonds is 11. The number of ether oxygens (including phenoxy) is 4. The molecule has 0 aromatic heterocycles. The van der Waals surface area contributed by atoms with Gasteiger partial charge in [-0.1, -0.05) is 145 Å². The van der Waals surface area contributed by atoms with Gasteiger partial charge in [0, 0.05) is 73.0 Å². The van der Waals surface area contributed by atoms with Crippen LogP contribution < -0.4 is 0 Å². The summed E-state index contributed by atoms with van der Waals surface area (Å²) in [5, 5.41) is 0. The molecule has 0 bridgehead atoms. The fourth-order valence-corrected chi connectivity index (χ4v) is 29.3. The van der Waals surface area contributed by atoms with E-state index in [0.29, 0.717) is 120 Å². The smallest absolute Gasteiger partial charge is 0.314 e. The molecule has 20 aliphatic carbocycles. The zero-order valence-corrected chi connectivity index (χ0v) is 73.9. The summed E-state index contributed by atoms with van der Waals surface area (Å²) in [6, 6.07) is 0. The summed E-state index contributed by atoms with van der Waals surface area (Å²) >= 11 is 0. The fourth-order valence-electron chi connectivity index (χ4n) is 29.3. The Hall–Kier alpha value is -7.88. The summed E-state index contributed by atoms with van der Waals surface area (Å²) in [6.07, 6.45) is 43.1. The summed E-state index contributed by atoms with van der Waals surface area (Å²) in [5.74, 6) is -0.269. The summed E-state index contributed by atoms with van der Waals surface area (Å²) in [6.45, 7) is 28.9. The maximum atomic E-state index is 13.3. The lowest BCUT2D eigenvalue weighted by Crippen LogP contribution is -2.47. The van der Waals surface area contributed by atoms with Crippen LogP contribution in [0.2, 0.25) is 0 Å². The van der Waals surface area contributed by atoms with Crippen molar-refractivity contribution < 1.29 is 76.5 Å². The molecule has 16 atom stereocenters. The summed E-state index contributed by atoms with van der Waals surface area (Å²) in [4.78, 5) is 155. The third-order valence-electron chi connectivity index (χ3n) is 36.4. The number of allylic oxidation sites excluding steroid dienone is 20. The van der Waals surface area contributed by atoms with Gasteiger partial charge in [0.15, 0.2) is 23.1 Å². The molecule has 4 saturated carbocycles. The monoisotopic (exact) mass is 1630 g/mol. The largest absolute Gasteiger partial charge is 0.466 e. The molecule has 640 valence electrons. The van der Waals surface area contributed by atoms with E-state index in [2.05, 4.69) is 86.6 Å². The van der Waals surface area contributed by atoms with Crippen molar-refractivity contribution in [1.29, 1.82) is 0 Å². The number of carbonyl (C=O) groups is 12. The lowest BCUT2D eigenvalue weighted by Gasteiger charge is -2.52. The Morgan fingerprint density at radius 2 is 0.600 bits per heavy atom. The van der Waals surface area contributed by atoms with Crippen LogP contribution in [0.1, 0.15) is 315 Å². The minimum absolute atomic E-state index is 0.0172. The van der Waals surface area contributed by atoms with Gasteiger partial charge in [-0.3, -0.25) is 57.5 Å². The predicted octanol–water partition coefficient (Wildman–Crippen LogP) is 20.1. The van der Waals surface area contributed by atoms with E-state index in [0.717, 1.165) is 215 Å². The molecular formula is C104H128O16. The SMILES string of the molecule is CC(C)OC(=O)[C@@H]1CC2=CC(=O)CCC2(C)C2=C1C1=CC[C@@]3(C)CCC(=O)[C@@]13CC2.CCCCOC(=O)[C@@H]1CC2=CC(=O)CCC2(C)C2=C1C1=CC[C@@]3(C)CCC(=O)[C@@]13CC2.CCCOC(=O)[C@@H]1CC2=CC(=O)CCC2(C)C2=C1C1=CC[C@@]3(C)CCC(=O)[C@@]13CC2.CCOC(=O)[C@@H]1CC2=CC(=O)CCC2(C)C2=C1C1=CC[C@@]3(C)CCC(=O)[C@@]13CC2. The first-order valence-electron chi connectivity index (χ1n) is 46.5. The Labute approximate surface area is 709 Å². The molecular weight excluding hydrogens is 1510 g/mol. The van der Waals surface area contributed by atoms with Gasteiger partial charge in [0.05, 0.1) is 71.3 Å². The van der Waals surface area contributed by atoms with Gasteiger partial charge in [-0.15, -0.1) is 0 Å². The van der Waals surface area contributed by atoms with E-state index in [1.54, 1.807) is 24.3 Å². The first-order chi connectivity index (χ1) is 56.9. The molecule has 120 heavy (non-hydrogen) atoms. The Morgan fingerprint density at radius 3 is 0.858 bits per heavy atom. The Bertz CT molecular complexity index is 5050. The molecule has 4 spiro atoms. The molecule has 0 amide bonds. The first kappa shape index (κ1) is 84.3. The normalized spacial score (nSPS) is 39.7. The van der Waals surface area contributed by atoms with Crippen molar-refractivity contribution in [3.8, 4) is 0 Å². The van der Waals surface area contributed by atoms with Crippen molar-refractivity contribution in [3.05, 3.63) is 138 Å². The van der Waals surface area contributed by atoms with Gasteiger partial charge < -0.3 is 18.9 Å². The maximum Gasteiger partial charge on any atom is 0.314 e. The number of Topliss-reactive ketones (excluding diaryl/α,β-unsaturated/α-hetero) is 4. The van der Waals surface area contributed by atoms with E-state index in [-0.39, 0.29) is 96.4 Å². The standard InChI is InChI=1S/C27H34O4.2C26H32O4.C25H30O4/c1-4-5-14-31-24(30)19-16-17-15-18(28)6-12-26(17,3)20-8-13-27-21(23(19)20)7-10-25(27,2)11-9-22(27)29;1-15(2)30-23(29)18-14-16-13-17(27)5-11-25(16,4)19-7-12-26-20(22(18)19)6-9-24(26,3)10-8-21(26)28;1-4-13-30-23(29)18-15-16-14-17(27)5-11-25(16,3)19-7-12-26-20(22(18)19)6-9-24(26,2)10-8-21(26)28;1-4-29-22(28)17-14-15-13-16(26)5-11-24(15,3)18-7-12-25-19(21(17)18)6-9-23(25,2)10-8-20(25)27/h7,15,19H,4-6,8-14,16H2,1-3H3;6,13,15,18H,5,7-12,14H2,1-4H3;6,14,18H,4-5,7-13,15H2,1-3H3;6,13,17H,4-5,7-12,14H2,1-3H3/t19-,25+,26?,27-;2*18-,24+,25?,26-;17-,23+,24?,25-/m1111/s1. The first-order valence-corrected chi connectivity index (χ1v) is 46.5. The average Bonchev–Trinajstić information content (AvgIpc) is 1.52. The zero-order valence-electron chi connectivity index (χ0n) is 73.9. The van der Waals surface area contributed by atoms with Crippen LogP contribution in [-0.4, -0.2) is 96.1 Å². The highest BCUT2D eigenvalue weighted by atomic mass is 16.5. The molecule has 4 unspecified atom stereocenters.